The summed E-state index contributed by atoms with van der Waals surface area (Å²) in [4.78, 5) is 10.0. The number of rotatable bonds is 3. The van der Waals surface area contributed by atoms with E-state index in [-0.39, 0.29) is 0 Å². The fourth-order valence-corrected chi connectivity index (χ4v) is 2.13. The molecular weight excluding hydrogens is 244 g/mol. The van der Waals surface area contributed by atoms with Crippen molar-refractivity contribution in [3.63, 3.8) is 0 Å². The zero-order chi connectivity index (χ0) is 13.0. The summed E-state index contributed by atoms with van der Waals surface area (Å²) < 4.78 is 0. The van der Waals surface area contributed by atoms with Crippen molar-refractivity contribution < 1.29 is 4.84 Å². The van der Waals surface area contributed by atoms with Crippen molar-refractivity contribution in [1.29, 1.82) is 0 Å². The zero-order valence-electron chi connectivity index (χ0n) is 10.1. The lowest BCUT2D eigenvalue weighted by Crippen LogP contribution is -2.10. The van der Waals surface area contributed by atoms with Crippen molar-refractivity contribution in [2.24, 2.45) is 10.9 Å². The van der Waals surface area contributed by atoms with Gasteiger partial charge in [-0.15, -0.1) is 11.3 Å². The van der Waals surface area contributed by atoms with Crippen molar-refractivity contribution in [1.82, 2.24) is 0 Å². The maximum atomic E-state index is 5.25. The summed E-state index contributed by atoms with van der Waals surface area (Å²) in [6.07, 6.45) is 0. The first-order valence-electron chi connectivity index (χ1n) is 5.46. The third kappa shape index (κ3) is 2.85. The monoisotopic (exact) mass is 258 g/mol. The van der Waals surface area contributed by atoms with Crippen LogP contribution in [0.1, 0.15) is 16.0 Å². The second kappa shape index (κ2) is 5.62. The van der Waals surface area contributed by atoms with Gasteiger partial charge in [0.25, 0.3) is 5.90 Å². The summed E-state index contributed by atoms with van der Waals surface area (Å²) >= 11 is 1.52. The van der Waals surface area contributed by atoms with Gasteiger partial charge in [0.15, 0.2) is 0 Å². The molecule has 0 fully saturated rings. The maximum absolute atomic E-state index is 5.25. The van der Waals surface area contributed by atoms with Crippen LogP contribution in [0.25, 0.3) is 5.70 Å². The normalized spacial score (nSPS) is 11.3. The Kier molecular flexibility index (Phi) is 3.92. The fourth-order valence-electron chi connectivity index (χ4n) is 1.47. The van der Waals surface area contributed by atoms with Crippen molar-refractivity contribution in [3.8, 4) is 0 Å². The largest absolute Gasteiger partial charge is 0.390 e. The van der Waals surface area contributed by atoms with Gasteiger partial charge >= 0.3 is 0 Å². The van der Waals surface area contributed by atoms with E-state index in [1.807, 2.05) is 48.7 Å². The molecule has 92 valence electrons. The number of hydrogen-bond acceptors (Lipinski definition) is 4. The second-order valence-corrected chi connectivity index (χ2v) is 4.77. The van der Waals surface area contributed by atoms with Gasteiger partial charge in [-0.1, -0.05) is 42.5 Å². The van der Waals surface area contributed by atoms with E-state index in [0.717, 1.165) is 10.4 Å². The van der Waals surface area contributed by atoms with E-state index in [2.05, 4.69) is 11.6 Å². The first kappa shape index (κ1) is 12.5. The van der Waals surface area contributed by atoms with Crippen LogP contribution in [0.2, 0.25) is 0 Å². The van der Waals surface area contributed by atoms with E-state index in [0.29, 0.717) is 11.6 Å². The molecule has 0 aliphatic heterocycles. The molecule has 0 amide bonds. The molecule has 0 saturated carbocycles. The van der Waals surface area contributed by atoms with Crippen molar-refractivity contribution in [3.05, 3.63) is 64.4 Å². The molecule has 3 nitrogen and oxygen atoms in total. The van der Waals surface area contributed by atoms with Gasteiger partial charge in [0.05, 0.1) is 10.6 Å². The van der Waals surface area contributed by atoms with Crippen LogP contribution in [0.15, 0.2) is 53.3 Å². The number of hydrogen-bond donors (Lipinski definition) is 1. The SMILES string of the molecule is C=C(/N=C(\ON)c1cccs1)c1ccc(C)cc1. The van der Waals surface area contributed by atoms with Crippen LogP contribution in [0.3, 0.4) is 0 Å². The minimum absolute atomic E-state index is 0.385. The first-order valence-corrected chi connectivity index (χ1v) is 6.34. The van der Waals surface area contributed by atoms with Gasteiger partial charge in [0.1, 0.15) is 0 Å². The van der Waals surface area contributed by atoms with E-state index in [9.17, 15) is 0 Å². The Balaban J connectivity index is 2.26. The van der Waals surface area contributed by atoms with Crippen LogP contribution in [-0.4, -0.2) is 5.90 Å². The second-order valence-electron chi connectivity index (χ2n) is 3.82. The molecule has 2 aromatic rings. The van der Waals surface area contributed by atoms with Gasteiger partial charge in [-0.05, 0) is 23.9 Å². The number of thiophene rings is 1. The average molecular weight is 258 g/mol. The molecule has 0 spiro atoms. The average Bonchev–Trinajstić information content (AvgIpc) is 2.90. The number of aliphatic imine (C=N–C) groups is 1. The topological polar surface area (TPSA) is 47.6 Å². The third-order valence-corrected chi connectivity index (χ3v) is 3.32. The van der Waals surface area contributed by atoms with E-state index in [1.165, 1.54) is 16.9 Å². The zero-order valence-corrected chi connectivity index (χ0v) is 10.9. The summed E-state index contributed by atoms with van der Waals surface area (Å²) in [6.45, 7) is 5.97. The van der Waals surface area contributed by atoms with Gasteiger partial charge < -0.3 is 4.84 Å². The molecule has 2 rings (SSSR count). The van der Waals surface area contributed by atoms with Gasteiger partial charge in [-0.3, -0.25) is 0 Å². The van der Waals surface area contributed by atoms with E-state index >= 15 is 0 Å². The molecule has 0 atom stereocenters. The number of nitrogens with two attached hydrogens (primary N) is 1. The quantitative estimate of drug-likeness (QED) is 0.521. The minimum atomic E-state index is 0.385. The molecule has 0 aliphatic carbocycles. The maximum Gasteiger partial charge on any atom is 0.255 e. The molecule has 0 aliphatic rings. The molecule has 0 bridgehead atoms. The molecule has 18 heavy (non-hydrogen) atoms. The molecule has 0 radical (unpaired) electrons. The first-order chi connectivity index (χ1) is 8.70. The van der Waals surface area contributed by atoms with Gasteiger partial charge in [-0.2, -0.15) is 5.90 Å². The molecule has 4 heteroatoms. The highest BCUT2D eigenvalue weighted by Gasteiger charge is 2.06. The Morgan fingerprint density at radius 2 is 2.00 bits per heavy atom. The highest BCUT2D eigenvalue weighted by Crippen LogP contribution is 2.18. The van der Waals surface area contributed by atoms with Crippen molar-refractivity contribution in [2.45, 2.75) is 6.92 Å². The lowest BCUT2D eigenvalue weighted by Gasteiger charge is -2.04. The molecule has 1 aromatic carbocycles. The van der Waals surface area contributed by atoms with Crippen molar-refractivity contribution in [2.75, 3.05) is 0 Å². The fraction of sp³-hybridized carbons (Fsp3) is 0.0714. The molecule has 0 unspecified atom stereocenters. The molecule has 0 saturated heterocycles. The van der Waals surface area contributed by atoms with Crippen LogP contribution >= 0.6 is 11.3 Å². The highest BCUT2D eigenvalue weighted by molar-refractivity contribution is 7.12. The van der Waals surface area contributed by atoms with E-state index in [4.69, 9.17) is 10.7 Å². The lowest BCUT2D eigenvalue weighted by atomic mass is 10.1. The van der Waals surface area contributed by atoms with Crippen molar-refractivity contribution >= 4 is 22.9 Å². The molecule has 1 aromatic heterocycles. The third-order valence-electron chi connectivity index (χ3n) is 2.46. The highest BCUT2D eigenvalue weighted by atomic mass is 32.1. The number of nitrogens with zero attached hydrogens (tertiary/aromatic N) is 1. The number of benzene rings is 1. The summed E-state index contributed by atoms with van der Waals surface area (Å²) in [6, 6.07) is 11.8. The van der Waals surface area contributed by atoms with Crippen LogP contribution in [-0.2, 0) is 4.84 Å². The van der Waals surface area contributed by atoms with Gasteiger partial charge in [0, 0.05) is 0 Å². The van der Waals surface area contributed by atoms with Crippen LogP contribution in [0.5, 0.6) is 0 Å². The Morgan fingerprint density at radius 1 is 1.28 bits per heavy atom. The summed E-state index contributed by atoms with van der Waals surface area (Å²) in [5.41, 5.74) is 2.78. The standard InChI is InChI=1S/C14H14N2OS/c1-10-5-7-12(8-6-10)11(2)16-14(17-15)13-4-3-9-18-13/h3-9H,2,15H2,1H3/b16-14-. The molecular formula is C14H14N2OS. The predicted octanol–water partition coefficient (Wildman–Crippen LogP) is 3.36. The summed E-state index contributed by atoms with van der Waals surface area (Å²) in [5.74, 6) is 5.63. The molecule has 1 heterocycles. The van der Waals surface area contributed by atoms with E-state index in [1.54, 1.807) is 0 Å². The molecule has 2 N–H and O–H groups in total. The van der Waals surface area contributed by atoms with Gasteiger partial charge in [0.2, 0.25) is 0 Å². The lowest BCUT2D eigenvalue weighted by molar-refractivity contribution is 0.323. The Hall–Kier alpha value is -1.91. The summed E-state index contributed by atoms with van der Waals surface area (Å²) in [7, 11) is 0. The summed E-state index contributed by atoms with van der Waals surface area (Å²) in [5, 5.41) is 1.94. The van der Waals surface area contributed by atoms with Crippen LogP contribution in [0, 0.1) is 6.92 Å². The van der Waals surface area contributed by atoms with Crippen LogP contribution in [0.4, 0.5) is 0 Å². The Bertz CT molecular complexity index is 556. The minimum Gasteiger partial charge on any atom is -0.390 e. The Morgan fingerprint density at radius 3 is 2.56 bits per heavy atom. The predicted molar refractivity (Wildman–Crippen MR) is 76.3 cm³/mol. The number of aryl methyl sites for hydroxylation is 1. The smallest absolute Gasteiger partial charge is 0.255 e. The van der Waals surface area contributed by atoms with Gasteiger partial charge in [-0.25, -0.2) is 4.99 Å². The van der Waals surface area contributed by atoms with Crippen LogP contribution < -0.4 is 5.90 Å². The Labute approximate surface area is 110 Å². The van der Waals surface area contributed by atoms with E-state index < -0.39 is 0 Å².